The zero-order chi connectivity index (χ0) is 14.9. The van der Waals surface area contributed by atoms with E-state index in [0.29, 0.717) is 17.7 Å². The molecule has 0 amide bonds. The lowest BCUT2D eigenvalue weighted by atomic mass is 9.81. The van der Waals surface area contributed by atoms with E-state index in [2.05, 4.69) is 27.3 Å². The van der Waals surface area contributed by atoms with Crippen LogP contribution in [0.15, 0.2) is 33.6 Å². The van der Waals surface area contributed by atoms with Crippen molar-refractivity contribution < 1.29 is 9.90 Å². The third-order valence-electron chi connectivity index (χ3n) is 4.30. The Bertz CT molecular complexity index is 535. The molecule has 0 bridgehead atoms. The molecule has 0 heterocycles. The van der Waals surface area contributed by atoms with Gasteiger partial charge in [-0.3, -0.25) is 10.1 Å². The molecule has 2 unspecified atom stereocenters. The Morgan fingerprint density at radius 3 is 2.76 bits per heavy atom. The summed E-state index contributed by atoms with van der Waals surface area (Å²) in [4.78, 5) is 13.0. The molecule has 2 N–H and O–H groups in total. The van der Waals surface area contributed by atoms with E-state index >= 15 is 0 Å². The van der Waals surface area contributed by atoms with Gasteiger partial charge in [0.2, 0.25) is 0 Å². The molecule has 2 atom stereocenters. The van der Waals surface area contributed by atoms with Crippen molar-refractivity contribution in [1.29, 1.82) is 0 Å². The minimum absolute atomic E-state index is 0.361. The lowest BCUT2D eigenvalue weighted by Crippen LogP contribution is -2.56. The highest BCUT2D eigenvalue weighted by Gasteiger charge is 2.46. The van der Waals surface area contributed by atoms with Crippen molar-refractivity contribution in [3.8, 4) is 0 Å². The van der Waals surface area contributed by atoms with Gasteiger partial charge >= 0.3 is 5.97 Å². The van der Waals surface area contributed by atoms with E-state index in [4.69, 9.17) is 0 Å². The fraction of sp³-hybridized carbons (Fsp3) is 0.562. The summed E-state index contributed by atoms with van der Waals surface area (Å²) >= 11 is 5.39. The number of carbonyl (C=O) groups is 1. The number of aliphatic carboxylic acids is 1. The summed E-state index contributed by atoms with van der Waals surface area (Å²) in [7, 11) is 0. The Kier molecular flexibility index (Phi) is 4.62. The molecule has 2 saturated carbocycles. The Morgan fingerprint density at radius 1 is 1.33 bits per heavy atom. The fourth-order valence-electron chi connectivity index (χ4n) is 3.05. The first kappa shape index (κ1) is 15.4. The minimum Gasteiger partial charge on any atom is -0.480 e. The Morgan fingerprint density at radius 2 is 2.10 bits per heavy atom. The van der Waals surface area contributed by atoms with Crippen molar-refractivity contribution in [2.24, 2.45) is 0 Å². The average molecular weight is 370 g/mol. The molecule has 0 radical (unpaired) electrons. The van der Waals surface area contributed by atoms with Crippen LogP contribution in [0.25, 0.3) is 0 Å². The number of carboxylic acids is 1. The van der Waals surface area contributed by atoms with E-state index in [0.717, 1.165) is 36.6 Å². The van der Waals surface area contributed by atoms with Gasteiger partial charge in [-0.1, -0.05) is 12.1 Å². The third-order valence-corrected chi connectivity index (χ3v) is 6.60. The first-order chi connectivity index (χ1) is 10.1. The molecule has 0 aromatic heterocycles. The molecule has 2 fully saturated rings. The zero-order valence-corrected chi connectivity index (χ0v) is 14.3. The van der Waals surface area contributed by atoms with Crippen molar-refractivity contribution >= 4 is 33.7 Å². The summed E-state index contributed by atoms with van der Waals surface area (Å²) in [5, 5.41) is 13.5. The Balaban J connectivity index is 1.72. The molecule has 2 aliphatic rings. The summed E-state index contributed by atoms with van der Waals surface area (Å²) in [5.74, 6) is -0.674. The highest BCUT2D eigenvalue weighted by atomic mass is 79.9. The van der Waals surface area contributed by atoms with Crippen molar-refractivity contribution in [3.05, 3.63) is 28.7 Å². The smallest absolute Gasteiger partial charge is 0.323 e. The number of hydrogen-bond acceptors (Lipinski definition) is 3. The van der Waals surface area contributed by atoms with Gasteiger partial charge in [0.15, 0.2) is 0 Å². The lowest BCUT2D eigenvalue weighted by molar-refractivity contribution is -0.146. The summed E-state index contributed by atoms with van der Waals surface area (Å²) in [6.45, 7) is 0. The van der Waals surface area contributed by atoms with E-state index in [1.54, 1.807) is 0 Å². The second-order valence-electron chi connectivity index (χ2n) is 6.07. The SMILES string of the molecule is O=C(O)C1(NC2CC2)CCCC(Sc2ccccc2Br)C1. The van der Waals surface area contributed by atoms with Gasteiger partial charge in [0.1, 0.15) is 5.54 Å². The molecule has 114 valence electrons. The second kappa shape index (κ2) is 6.31. The first-order valence-corrected chi connectivity index (χ1v) is 9.19. The number of benzene rings is 1. The molecule has 3 rings (SSSR count). The largest absolute Gasteiger partial charge is 0.480 e. The second-order valence-corrected chi connectivity index (χ2v) is 8.27. The molecule has 0 spiro atoms. The lowest BCUT2D eigenvalue weighted by Gasteiger charge is -2.38. The monoisotopic (exact) mass is 369 g/mol. The molecule has 21 heavy (non-hydrogen) atoms. The van der Waals surface area contributed by atoms with Gasteiger partial charge in [-0.05, 0) is 66.6 Å². The maximum Gasteiger partial charge on any atom is 0.323 e. The molecule has 0 aliphatic heterocycles. The topological polar surface area (TPSA) is 49.3 Å². The molecular formula is C16H20BrNO2S. The van der Waals surface area contributed by atoms with E-state index in [1.165, 1.54) is 4.90 Å². The standard InChI is InChI=1S/C16H20BrNO2S/c17-13-5-1-2-6-14(13)21-12-4-3-9-16(10-12,15(19)20)18-11-7-8-11/h1-2,5-6,11-12,18H,3-4,7-10H2,(H,19,20). The van der Waals surface area contributed by atoms with Crippen molar-refractivity contribution in [1.82, 2.24) is 5.32 Å². The molecule has 5 heteroatoms. The Labute approximate surface area is 138 Å². The quantitative estimate of drug-likeness (QED) is 0.821. The summed E-state index contributed by atoms with van der Waals surface area (Å²) in [6, 6.07) is 8.60. The molecule has 2 aliphatic carbocycles. The first-order valence-electron chi connectivity index (χ1n) is 7.51. The van der Waals surface area contributed by atoms with Crippen LogP contribution in [0.4, 0.5) is 0 Å². The van der Waals surface area contributed by atoms with Crippen molar-refractivity contribution in [3.63, 3.8) is 0 Å². The van der Waals surface area contributed by atoms with E-state index in [9.17, 15) is 9.90 Å². The van der Waals surface area contributed by atoms with E-state index in [-0.39, 0.29) is 0 Å². The van der Waals surface area contributed by atoms with Crippen LogP contribution >= 0.6 is 27.7 Å². The van der Waals surface area contributed by atoms with Crippen LogP contribution in [0.3, 0.4) is 0 Å². The number of thioether (sulfide) groups is 1. The van der Waals surface area contributed by atoms with Gasteiger partial charge in [-0.2, -0.15) is 0 Å². The number of halogens is 1. The average Bonchev–Trinajstić information content (AvgIpc) is 3.25. The van der Waals surface area contributed by atoms with E-state index in [1.807, 2.05) is 30.0 Å². The molecule has 1 aromatic carbocycles. The number of hydrogen-bond donors (Lipinski definition) is 2. The van der Waals surface area contributed by atoms with Gasteiger partial charge in [0.25, 0.3) is 0 Å². The minimum atomic E-state index is -0.710. The maximum atomic E-state index is 11.8. The van der Waals surface area contributed by atoms with Gasteiger partial charge in [-0.25, -0.2) is 0 Å². The fourth-order valence-corrected chi connectivity index (χ4v) is 4.96. The Hall–Kier alpha value is -0.520. The van der Waals surface area contributed by atoms with Gasteiger partial charge in [-0.15, -0.1) is 11.8 Å². The molecule has 3 nitrogen and oxygen atoms in total. The predicted octanol–water partition coefficient (Wildman–Crippen LogP) is 4.06. The van der Waals surface area contributed by atoms with Crippen LogP contribution in [0.2, 0.25) is 0 Å². The van der Waals surface area contributed by atoms with Crippen LogP contribution in [0.1, 0.15) is 38.5 Å². The van der Waals surface area contributed by atoms with Crippen LogP contribution < -0.4 is 5.32 Å². The van der Waals surface area contributed by atoms with Crippen LogP contribution in [-0.2, 0) is 4.79 Å². The predicted molar refractivity (Wildman–Crippen MR) is 88.8 cm³/mol. The van der Waals surface area contributed by atoms with Crippen LogP contribution in [-0.4, -0.2) is 27.9 Å². The summed E-state index contributed by atoms with van der Waals surface area (Å²) < 4.78 is 1.09. The third kappa shape index (κ3) is 3.63. The van der Waals surface area contributed by atoms with Crippen molar-refractivity contribution in [2.75, 3.05) is 0 Å². The van der Waals surface area contributed by atoms with Gasteiger partial charge in [0, 0.05) is 20.7 Å². The normalized spacial score (nSPS) is 29.3. The van der Waals surface area contributed by atoms with Crippen LogP contribution in [0, 0.1) is 0 Å². The zero-order valence-electron chi connectivity index (χ0n) is 11.8. The van der Waals surface area contributed by atoms with Crippen LogP contribution in [0.5, 0.6) is 0 Å². The maximum absolute atomic E-state index is 11.8. The van der Waals surface area contributed by atoms with Gasteiger partial charge < -0.3 is 5.11 Å². The van der Waals surface area contributed by atoms with Gasteiger partial charge in [0.05, 0.1) is 0 Å². The number of rotatable bonds is 5. The number of carboxylic acid groups (broad SMARTS) is 1. The molecular weight excluding hydrogens is 350 g/mol. The molecule has 0 saturated heterocycles. The summed E-state index contributed by atoms with van der Waals surface area (Å²) in [6.07, 6.45) is 5.78. The van der Waals surface area contributed by atoms with Crippen molar-refractivity contribution in [2.45, 2.75) is 60.3 Å². The highest BCUT2D eigenvalue weighted by molar-refractivity contribution is 9.10. The number of nitrogens with one attached hydrogen (secondary N) is 1. The molecule has 1 aromatic rings. The van der Waals surface area contributed by atoms with E-state index < -0.39 is 11.5 Å². The summed E-state index contributed by atoms with van der Waals surface area (Å²) in [5.41, 5.74) is -0.710. The highest BCUT2D eigenvalue weighted by Crippen LogP contribution is 2.41.